The summed E-state index contributed by atoms with van der Waals surface area (Å²) in [5.41, 5.74) is 8.57. The van der Waals surface area contributed by atoms with Gasteiger partial charge in [0.25, 0.3) is 11.8 Å². The molecule has 48 heavy (non-hydrogen) atoms. The molecule has 2 fully saturated rings. The fourth-order valence-electron chi connectivity index (χ4n) is 7.84. The van der Waals surface area contributed by atoms with Crippen molar-refractivity contribution in [1.82, 2.24) is 29.3 Å². The van der Waals surface area contributed by atoms with Crippen LogP contribution in [0.15, 0.2) is 30.3 Å². The average molecular weight is 664 g/mol. The van der Waals surface area contributed by atoms with E-state index in [1.807, 2.05) is 29.8 Å². The number of hydrogen-bond acceptors (Lipinski definition) is 7. The first-order valence-electron chi connectivity index (χ1n) is 16.7. The van der Waals surface area contributed by atoms with Crippen molar-refractivity contribution in [3.05, 3.63) is 41.6 Å². The molecule has 1 saturated carbocycles. The number of amides is 2. The summed E-state index contributed by atoms with van der Waals surface area (Å²) < 4.78 is 45.1. The molecule has 256 valence electrons. The van der Waals surface area contributed by atoms with Crippen molar-refractivity contribution in [3.63, 3.8) is 0 Å². The molecule has 4 aromatic rings. The lowest BCUT2D eigenvalue weighted by atomic mass is 10.0. The number of hydrogen-bond donors (Lipinski definition) is 2. The molecule has 1 aromatic carbocycles. The number of nitrogens with zero attached hydrogens (tertiary/aromatic N) is 5. The second kappa shape index (κ2) is 11.8. The summed E-state index contributed by atoms with van der Waals surface area (Å²) in [6.45, 7) is 4.69. The molecular formula is C35H43F2N7O4. The Kier molecular flexibility index (Phi) is 7.97. The molecule has 1 aliphatic carbocycles. The Morgan fingerprint density at radius 3 is 2.60 bits per heavy atom. The number of nitrogens with two attached hydrogens (primary N) is 1. The van der Waals surface area contributed by atoms with Crippen LogP contribution in [0.3, 0.4) is 0 Å². The fraction of sp³-hybridized carbons (Fsp3) is 0.543. The Hall–Kier alpha value is -4.10. The highest BCUT2D eigenvalue weighted by atomic mass is 19.3. The number of ether oxygens (including phenoxy) is 2. The predicted octanol–water partition coefficient (Wildman–Crippen LogP) is 4.81. The zero-order valence-corrected chi connectivity index (χ0v) is 28.1. The molecule has 0 radical (unpaired) electrons. The van der Waals surface area contributed by atoms with E-state index in [4.69, 9.17) is 25.2 Å². The highest BCUT2D eigenvalue weighted by Crippen LogP contribution is 2.67. The van der Waals surface area contributed by atoms with Crippen LogP contribution in [-0.2, 0) is 23.1 Å². The van der Waals surface area contributed by atoms with Crippen LogP contribution in [-0.4, -0.2) is 81.2 Å². The van der Waals surface area contributed by atoms with Gasteiger partial charge in [-0.25, -0.2) is 18.7 Å². The molecule has 0 spiro atoms. The molecule has 13 heteroatoms. The number of likely N-dealkylation sites (tertiary alicyclic amines) is 1. The minimum absolute atomic E-state index is 0.0840. The molecule has 0 unspecified atom stereocenters. The van der Waals surface area contributed by atoms with Gasteiger partial charge in [-0.15, -0.1) is 0 Å². The van der Waals surface area contributed by atoms with Gasteiger partial charge in [0.1, 0.15) is 22.3 Å². The van der Waals surface area contributed by atoms with Crippen molar-refractivity contribution < 1.29 is 27.8 Å². The van der Waals surface area contributed by atoms with E-state index in [-0.39, 0.29) is 18.1 Å². The second-order valence-corrected chi connectivity index (χ2v) is 13.8. The summed E-state index contributed by atoms with van der Waals surface area (Å²) in [6.07, 6.45) is 2.94. The number of benzene rings is 1. The molecule has 3 N–H and O–H groups in total. The largest absolute Gasteiger partial charge is 0.494 e. The van der Waals surface area contributed by atoms with Gasteiger partial charge in [0.2, 0.25) is 5.91 Å². The van der Waals surface area contributed by atoms with Crippen molar-refractivity contribution in [2.45, 2.75) is 76.6 Å². The van der Waals surface area contributed by atoms with Crippen molar-refractivity contribution in [1.29, 1.82) is 0 Å². The van der Waals surface area contributed by atoms with Gasteiger partial charge in [-0.1, -0.05) is 12.8 Å². The topological polar surface area (TPSA) is 130 Å². The molecule has 5 heterocycles. The monoisotopic (exact) mass is 663 g/mol. The van der Waals surface area contributed by atoms with Crippen LogP contribution in [0.1, 0.15) is 68.0 Å². The van der Waals surface area contributed by atoms with Crippen molar-refractivity contribution in [2.75, 3.05) is 27.3 Å². The summed E-state index contributed by atoms with van der Waals surface area (Å²) in [6, 6.07) is 8.54. The molecule has 3 aliphatic rings. The second-order valence-electron chi connectivity index (χ2n) is 13.8. The van der Waals surface area contributed by atoms with Gasteiger partial charge >= 0.3 is 0 Å². The third-order valence-corrected chi connectivity index (χ3v) is 11.0. The minimum atomic E-state index is -3.02. The van der Waals surface area contributed by atoms with Crippen LogP contribution in [0.25, 0.3) is 33.6 Å². The van der Waals surface area contributed by atoms with Crippen LogP contribution in [0.5, 0.6) is 5.75 Å². The van der Waals surface area contributed by atoms with Crippen LogP contribution in [0.4, 0.5) is 8.78 Å². The third kappa shape index (κ3) is 4.96. The molecule has 2 bridgehead atoms. The number of fused-ring (bicyclic) bond motifs is 3. The lowest BCUT2D eigenvalue weighted by Crippen LogP contribution is -2.53. The molecule has 5 atom stereocenters. The maximum atomic E-state index is 14.9. The van der Waals surface area contributed by atoms with E-state index in [9.17, 15) is 18.4 Å². The number of aromatic nitrogens is 4. The van der Waals surface area contributed by atoms with Gasteiger partial charge in [0.15, 0.2) is 5.82 Å². The molecule has 2 amide bonds. The number of imidazole rings is 1. The summed E-state index contributed by atoms with van der Waals surface area (Å²) in [5.74, 6) is -3.56. The Balaban J connectivity index is 1.27. The zero-order valence-electron chi connectivity index (χ0n) is 28.1. The minimum Gasteiger partial charge on any atom is -0.494 e. The number of rotatable bonds is 4. The van der Waals surface area contributed by atoms with Crippen LogP contribution >= 0.6 is 0 Å². The third-order valence-electron chi connectivity index (χ3n) is 11.0. The number of pyridine rings is 1. The molecule has 11 nitrogen and oxygen atoms in total. The first-order chi connectivity index (χ1) is 22.9. The first kappa shape index (κ1) is 32.4. The van der Waals surface area contributed by atoms with Crippen LogP contribution < -0.4 is 15.8 Å². The molecule has 3 aromatic heterocycles. The highest BCUT2D eigenvalue weighted by molar-refractivity contribution is 6.00. The molecule has 2 aliphatic heterocycles. The summed E-state index contributed by atoms with van der Waals surface area (Å²) >= 11 is 0. The molecule has 7 rings (SSSR count). The van der Waals surface area contributed by atoms with Gasteiger partial charge < -0.3 is 34.6 Å². The smallest absolute Gasteiger partial charge is 0.266 e. The van der Waals surface area contributed by atoms with E-state index in [2.05, 4.69) is 9.88 Å². The maximum absolute atomic E-state index is 14.9. The van der Waals surface area contributed by atoms with Gasteiger partial charge in [-0.3, -0.25) is 9.59 Å². The number of alkyl halides is 2. The number of piperidine rings is 1. The van der Waals surface area contributed by atoms with Crippen molar-refractivity contribution in [2.24, 2.45) is 24.1 Å². The summed E-state index contributed by atoms with van der Waals surface area (Å²) in [5, 5.41) is 3.72. The molecule has 1 saturated heterocycles. The Bertz CT molecular complexity index is 1920. The standard InChI is InChI=1S/C35H43F2N7O4/c1-19-23-11-10-20-16-25(44(30(20)40-23)13-8-6-7-9-28-34(2,33(46)39-19)35(28,36)37)31-41-24-15-21(17-27(48-5)29(24)42(31)3)32(45)43-14-12-26(47-4)22(38)18-43/h10-11,15-17,19,22,26,28H,6-9,12-14,18,38H2,1-5H3,(H,39,46)/t19-,22+,26-,28-,34+/m1/s1. The lowest BCUT2D eigenvalue weighted by Gasteiger charge is -2.36. The van der Waals surface area contributed by atoms with Gasteiger partial charge in [-0.05, 0) is 63.4 Å². The fourth-order valence-corrected chi connectivity index (χ4v) is 7.84. The van der Waals surface area contributed by atoms with Crippen LogP contribution in [0.2, 0.25) is 0 Å². The average Bonchev–Trinajstić information content (AvgIpc) is 3.34. The van der Waals surface area contributed by atoms with Crippen molar-refractivity contribution >= 4 is 33.9 Å². The van der Waals surface area contributed by atoms with Gasteiger partial charge in [0, 0.05) is 56.7 Å². The van der Waals surface area contributed by atoms with Gasteiger partial charge in [0.05, 0.1) is 36.2 Å². The SMILES string of the molecule is COc1cc(C(=O)N2CC[C@@H](OC)[C@@H](N)C2)cc2nc(-c3cc4ccc5nc4n3CCCCC[C@H]3C(F)(F)[C@]3(C)C(=O)N[C@@H]5C)n(C)c12. The van der Waals surface area contributed by atoms with Crippen molar-refractivity contribution in [3.8, 4) is 17.3 Å². The van der Waals surface area contributed by atoms with Crippen LogP contribution in [0, 0.1) is 11.3 Å². The van der Waals surface area contributed by atoms with Gasteiger partial charge in [-0.2, -0.15) is 0 Å². The van der Waals surface area contributed by atoms with E-state index in [1.54, 1.807) is 38.2 Å². The maximum Gasteiger partial charge on any atom is 0.266 e. The van der Waals surface area contributed by atoms with E-state index in [0.29, 0.717) is 67.2 Å². The summed E-state index contributed by atoms with van der Waals surface area (Å²) in [7, 11) is 5.13. The number of nitrogens with one attached hydrogen (secondary N) is 1. The van der Waals surface area contributed by atoms with E-state index in [0.717, 1.165) is 35.1 Å². The zero-order chi connectivity index (χ0) is 34.1. The Labute approximate surface area is 277 Å². The van der Waals surface area contributed by atoms with E-state index >= 15 is 0 Å². The summed E-state index contributed by atoms with van der Waals surface area (Å²) in [4.78, 5) is 38.5. The number of carbonyl (C=O) groups is 2. The quantitative estimate of drug-likeness (QED) is 0.321. The predicted molar refractivity (Wildman–Crippen MR) is 177 cm³/mol. The number of halogens is 2. The Morgan fingerprint density at radius 2 is 1.88 bits per heavy atom. The molecular weight excluding hydrogens is 620 g/mol. The highest BCUT2D eigenvalue weighted by Gasteiger charge is 2.81. The first-order valence-corrected chi connectivity index (χ1v) is 16.7. The normalized spacial score (nSPS) is 27.5. The lowest BCUT2D eigenvalue weighted by molar-refractivity contribution is -0.130. The number of methoxy groups -OCH3 is 2. The van der Waals surface area contributed by atoms with E-state index in [1.165, 1.54) is 6.92 Å². The number of carbonyl (C=O) groups excluding carboxylic acids is 2. The number of aryl methyl sites for hydroxylation is 2. The van der Waals surface area contributed by atoms with E-state index < -0.39 is 29.2 Å². The Morgan fingerprint density at radius 1 is 1.08 bits per heavy atom.